The van der Waals surface area contributed by atoms with Gasteiger partial charge in [0, 0.05) is 5.56 Å². The first kappa shape index (κ1) is 11.9. The molecule has 80 valence electrons. The maximum Gasteiger partial charge on any atom is 0.488 e. The molecule has 4 heteroatoms. The fourth-order valence-corrected chi connectivity index (χ4v) is 1.55. The molecule has 0 aromatic heterocycles. The summed E-state index contributed by atoms with van der Waals surface area (Å²) in [5.74, 6) is 0.468. The molecule has 0 aliphatic heterocycles. The largest absolute Gasteiger partial charge is 0.488 e. The van der Waals surface area contributed by atoms with Crippen LogP contribution in [0.2, 0.25) is 0 Å². The number of hydrogen-bond donors (Lipinski definition) is 2. The molecule has 2 N–H and O–H groups in total. The summed E-state index contributed by atoms with van der Waals surface area (Å²) in [6, 6.07) is 4.98. The van der Waals surface area contributed by atoms with E-state index in [2.05, 4.69) is 13.8 Å². The molecule has 0 radical (unpaired) electrons. The fraction of sp³-hybridized carbons (Fsp3) is 0.364. The Morgan fingerprint density at radius 2 is 2.00 bits per heavy atom. The van der Waals surface area contributed by atoms with Crippen LogP contribution in [0.4, 0.5) is 0 Å². The minimum Gasteiger partial charge on any atom is -0.423 e. The zero-order valence-electron chi connectivity index (χ0n) is 8.97. The molecule has 0 amide bonds. The highest BCUT2D eigenvalue weighted by atomic mass is 16.4. The number of carbonyl (C=O) groups is 1. The Morgan fingerprint density at radius 3 is 2.47 bits per heavy atom. The molecule has 0 bridgehead atoms. The van der Waals surface area contributed by atoms with E-state index in [0.29, 0.717) is 16.9 Å². The molecule has 0 aliphatic rings. The van der Waals surface area contributed by atoms with E-state index >= 15 is 0 Å². The summed E-state index contributed by atoms with van der Waals surface area (Å²) < 4.78 is 0. The van der Waals surface area contributed by atoms with Crippen LogP contribution in [0.5, 0.6) is 0 Å². The Kier molecular flexibility index (Phi) is 4.06. The molecule has 1 rings (SSSR count). The van der Waals surface area contributed by atoms with Crippen LogP contribution in [0.15, 0.2) is 18.2 Å². The fourth-order valence-electron chi connectivity index (χ4n) is 1.55. The van der Waals surface area contributed by atoms with Gasteiger partial charge in [0.05, 0.1) is 0 Å². The van der Waals surface area contributed by atoms with E-state index in [1.54, 1.807) is 12.1 Å². The first-order valence-electron chi connectivity index (χ1n) is 4.98. The summed E-state index contributed by atoms with van der Waals surface area (Å²) in [7, 11) is -1.52. The second kappa shape index (κ2) is 5.10. The average molecular weight is 206 g/mol. The summed E-state index contributed by atoms with van der Waals surface area (Å²) in [5, 5.41) is 18.1. The molecule has 0 heterocycles. The van der Waals surface area contributed by atoms with Crippen molar-refractivity contribution in [3.05, 3.63) is 29.3 Å². The van der Waals surface area contributed by atoms with Crippen molar-refractivity contribution in [2.24, 2.45) is 5.92 Å². The molecule has 0 atom stereocenters. The maximum absolute atomic E-state index is 10.7. The standard InChI is InChI=1S/C11H15BO3/c1-8(2)3-9-4-10(7-13)6-11(5-9)12(14)15/h4-8,14-15H,3H2,1-2H3. The van der Waals surface area contributed by atoms with Crippen LogP contribution in [-0.4, -0.2) is 23.5 Å². The van der Waals surface area contributed by atoms with Gasteiger partial charge >= 0.3 is 7.12 Å². The van der Waals surface area contributed by atoms with E-state index in [1.165, 1.54) is 6.07 Å². The quantitative estimate of drug-likeness (QED) is 0.553. The van der Waals surface area contributed by atoms with Crippen molar-refractivity contribution in [2.45, 2.75) is 20.3 Å². The predicted molar refractivity (Wildman–Crippen MR) is 60.2 cm³/mol. The number of aldehydes is 1. The van der Waals surface area contributed by atoms with Gasteiger partial charge in [-0.2, -0.15) is 0 Å². The lowest BCUT2D eigenvalue weighted by atomic mass is 9.78. The van der Waals surface area contributed by atoms with Gasteiger partial charge in [0.1, 0.15) is 6.29 Å². The van der Waals surface area contributed by atoms with Crippen LogP contribution in [-0.2, 0) is 6.42 Å². The van der Waals surface area contributed by atoms with Crippen molar-refractivity contribution in [1.29, 1.82) is 0 Å². The molecule has 0 saturated heterocycles. The Hall–Kier alpha value is -1.13. The maximum atomic E-state index is 10.7. The second-order valence-electron chi connectivity index (χ2n) is 4.10. The molecule has 0 fully saturated rings. The van der Waals surface area contributed by atoms with E-state index in [4.69, 9.17) is 10.0 Å². The smallest absolute Gasteiger partial charge is 0.423 e. The molecule has 0 saturated carbocycles. The van der Waals surface area contributed by atoms with Crippen LogP contribution in [0, 0.1) is 5.92 Å². The van der Waals surface area contributed by atoms with Crippen molar-refractivity contribution in [3.8, 4) is 0 Å². The lowest BCUT2D eigenvalue weighted by Crippen LogP contribution is -2.30. The van der Waals surface area contributed by atoms with Gasteiger partial charge in [-0.1, -0.05) is 26.0 Å². The summed E-state index contributed by atoms with van der Waals surface area (Å²) in [6.45, 7) is 4.14. The topological polar surface area (TPSA) is 57.5 Å². The molecule has 3 nitrogen and oxygen atoms in total. The van der Waals surface area contributed by atoms with E-state index in [9.17, 15) is 4.79 Å². The van der Waals surface area contributed by atoms with Gasteiger partial charge in [-0.3, -0.25) is 4.79 Å². The third kappa shape index (κ3) is 3.49. The molecule has 0 spiro atoms. The summed E-state index contributed by atoms with van der Waals surface area (Å²) >= 11 is 0. The second-order valence-corrected chi connectivity index (χ2v) is 4.10. The molecular formula is C11H15BO3. The zero-order chi connectivity index (χ0) is 11.4. The highest BCUT2D eigenvalue weighted by Crippen LogP contribution is 2.08. The number of rotatable bonds is 4. The van der Waals surface area contributed by atoms with Crippen molar-refractivity contribution in [1.82, 2.24) is 0 Å². The third-order valence-electron chi connectivity index (χ3n) is 2.12. The van der Waals surface area contributed by atoms with Crippen LogP contribution >= 0.6 is 0 Å². The van der Waals surface area contributed by atoms with E-state index in [0.717, 1.165) is 18.3 Å². The summed E-state index contributed by atoms with van der Waals surface area (Å²) in [4.78, 5) is 10.7. The normalized spacial score (nSPS) is 10.5. The van der Waals surface area contributed by atoms with Crippen molar-refractivity contribution >= 4 is 18.9 Å². The number of hydrogen-bond acceptors (Lipinski definition) is 3. The van der Waals surface area contributed by atoms with Crippen LogP contribution in [0.25, 0.3) is 0 Å². The van der Waals surface area contributed by atoms with E-state index in [1.807, 2.05) is 0 Å². The molecule has 15 heavy (non-hydrogen) atoms. The highest BCUT2D eigenvalue weighted by Gasteiger charge is 2.13. The molecule has 0 aliphatic carbocycles. The van der Waals surface area contributed by atoms with Crippen LogP contribution < -0.4 is 5.46 Å². The van der Waals surface area contributed by atoms with Gasteiger partial charge in [-0.05, 0) is 29.4 Å². The monoisotopic (exact) mass is 206 g/mol. The first-order chi connectivity index (χ1) is 7.02. The average Bonchev–Trinajstić information content (AvgIpc) is 2.16. The zero-order valence-corrected chi connectivity index (χ0v) is 8.97. The number of carbonyl (C=O) groups excluding carboxylic acids is 1. The van der Waals surface area contributed by atoms with Crippen molar-refractivity contribution in [2.75, 3.05) is 0 Å². The Bertz CT molecular complexity index is 348. The van der Waals surface area contributed by atoms with Gasteiger partial charge in [-0.25, -0.2) is 0 Å². The van der Waals surface area contributed by atoms with Crippen molar-refractivity contribution < 1.29 is 14.8 Å². The lowest BCUT2D eigenvalue weighted by Gasteiger charge is -2.08. The minimum absolute atomic E-state index is 0.371. The third-order valence-corrected chi connectivity index (χ3v) is 2.12. The first-order valence-corrected chi connectivity index (χ1v) is 4.98. The summed E-state index contributed by atoms with van der Waals surface area (Å²) in [6.07, 6.45) is 1.54. The van der Waals surface area contributed by atoms with Gasteiger partial charge < -0.3 is 10.0 Å². The Labute approximate surface area is 89.9 Å². The minimum atomic E-state index is -1.52. The molecular weight excluding hydrogens is 191 g/mol. The lowest BCUT2D eigenvalue weighted by molar-refractivity contribution is 0.112. The molecule has 1 aromatic rings. The van der Waals surface area contributed by atoms with Crippen LogP contribution in [0.3, 0.4) is 0 Å². The predicted octanol–water partition coefficient (Wildman–Crippen LogP) is 0.377. The SMILES string of the molecule is CC(C)Cc1cc(C=O)cc(B(O)O)c1. The Balaban J connectivity index is 3.05. The van der Waals surface area contributed by atoms with Gasteiger partial charge in [0.15, 0.2) is 0 Å². The van der Waals surface area contributed by atoms with Gasteiger partial charge in [0.2, 0.25) is 0 Å². The van der Waals surface area contributed by atoms with E-state index in [-0.39, 0.29) is 0 Å². The highest BCUT2D eigenvalue weighted by molar-refractivity contribution is 6.58. The summed E-state index contributed by atoms with van der Waals surface area (Å²) in [5.41, 5.74) is 1.81. The Morgan fingerprint density at radius 1 is 1.33 bits per heavy atom. The molecule has 0 unspecified atom stereocenters. The van der Waals surface area contributed by atoms with Gasteiger partial charge in [-0.15, -0.1) is 0 Å². The number of benzene rings is 1. The van der Waals surface area contributed by atoms with Crippen molar-refractivity contribution in [3.63, 3.8) is 0 Å². The molecule has 1 aromatic carbocycles. The van der Waals surface area contributed by atoms with Gasteiger partial charge in [0.25, 0.3) is 0 Å². The van der Waals surface area contributed by atoms with E-state index < -0.39 is 7.12 Å². The van der Waals surface area contributed by atoms with Crippen LogP contribution in [0.1, 0.15) is 29.8 Å².